The molecule has 0 bridgehead atoms. The molecule has 0 spiro atoms. The molecule has 1 fully saturated rings. The fourth-order valence-electron chi connectivity index (χ4n) is 1.75. The molecule has 90 valence electrons. The van der Waals surface area contributed by atoms with E-state index < -0.39 is 0 Å². The van der Waals surface area contributed by atoms with Gasteiger partial charge in [0.2, 0.25) is 0 Å². The van der Waals surface area contributed by atoms with Crippen molar-refractivity contribution in [3.05, 3.63) is 5.82 Å². The minimum Gasteiger partial charge on any atom is -0.469 e. The molecule has 0 amide bonds. The minimum atomic E-state index is 0.382. The molecular formula is C11H19N3OS. The molecule has 4 nitrogen and oxygen atoms in total. The van der Waals surface area contributed by atoms with Gasteiger partial charge in [-0.2, -0.15) is 9.36 Å². The molecule has 16 heavy (non-hydrogen) atoms. The standard InChI is InChI=1S/C11H19N3OS/c1-8(2)10-13-11(16-14-10)15-7-9-3-5-12-6-4-9/h8-9,12H,3-7H2,1-2H3. The first-order chi connectivity index (χ1) is 7.75. The third kappa shape index (κ3) is 3.15. The van der Waals surface area contributed by atoms with Crippen LogP contribution in [0.1, 0.15) is 38.4 Å². The van der Waals surface area contributed by atoms with E-state index in [-0.39, 0.29) is 0 Å². The van der Waals surface area contributed by atoms with Crippen molar-refractivity contribution in [3.8, 4) is 5.19 Å². The van der Waals surface area contributed by atoms with Gasteiger partial charge in [0.25, 0.3) is 5.19 Å². The Labute approximate surface area is 101 Å². The van der Waals surface area contributed by atoms with Crippen molar-refractivity contribution in [3.63, 3.8) is 0 Å². The topological polar surface area (TPSA) is 47.0 Å². The molecule has 5 heteroatoms. The van der Waals surface area contributed by atoms with Crippen molar-refractivity contribution in [2.45, 2.75) is 32.6 Å². The number of nitrogens with zero attached hydrogens (tertiary/aromatic N) is 2. The lowest BCUT2D eigenvalue weighted by Crippen LogP contribution is -2.30. The highest BCUT2D eigenvalue weighted by atomic mass is 32.1. The summed E-state index contributed by atoms with van der Waals surface area (Å²) in [6, 6.07) is 0. The van der Waals surface area contributed by atoms with Crippen LogP contribution in [0.5, 0.6) is 5.19 Å². The molecule has 1 aliphatic rings. The zero-order valence-corrected chi connectivity index (χ0v) is 10.7. The molecule has 1 N–H and O–H groups in total. The van der Waals surface area contributed by atoms with Gasteiger partial charge < -0.3 is 10.1 Å². The van der Waals surface area contributed by atoms with Crippen LogP contribution in [0, 0.1) is 5.92 Å². The van der Waals surface area contributed by atoms with E-state index >= 15 is 0 Å². The summed E-state index contributed by atoms with van der Waals surface area (Å²) in [6.07, 6.45) is 2.41. The first-order valence-corrected chi connectivity index (χ1v) is 6.70. The van der Waals surface area contributed by atoms with Gasteiger partial charge in [0.05, 0.1) is 6.61 Å². The first kappa shape index (κ1) is 11.8. The number of hydrogen-bond acceptors (Lipinski definition) is 5. The van der Waals surface area contributed by atoms with Crippen molar-refractivity contribution in [2.75, 3.05) is 19.7 Å². The minimum absolute atomic E-state index is 0.382. The van der Waals surface area contributed by atoms with Gasteiger partial charge in [-0.25, -0.2) is 0 Å². The Bertz CT molecular complexity index is 321. The molecule has 0 aliphatic carbocycles. The summed E-state index contributed by atoms with van der Waals surface area (Å²) in [5.41, 5.74) is 0. The van der Waals surface area contributed by atoms with Crippen LogP contribution in [-0.2, 0) is 0 Å². The van der Waals surface area contributed by atoms with Crippen LogP contribution in [0.25, 0.3) is 0 Å². The van der Waals surface area contributed by atoms with Gasteiger partial charge in [-0.1, -0.05) is 13.8 Å². The van der Waals surface area contributed by atoms with Crippen molar-refractivity contribution in [1.82, 2.24) is 14.7 Å². The second-order valence-electron chi connectivity index (χ2n) is 4.58. The van der Waals surface area contributed by atoms with E-state index in [0.29, 0.717) is 11.8 Å². The molecule has 1 aliphatic heterocycles. The van der Waals surface area contributed by atoms with Crippen molar-refractivity contribution in [1.29, 1.82) is 0 Å². The Hall–Kier alpha value is -0.680. The highest BCUT2D eigenvalue weighted by molar-refractivity contribution is 7.07. The van der Waals surface area contributed by atoms with E-state index in [0.717, 1.165) is 30.7 Å². The lowest BCUT2D eigenvalue weighted by Gasteiger charge is -2.21. The largest absolute Gasteiger partial charge is 0.469 e. The molecule has 0 radical (unpaired) electrons. The maximum Gasteiger partial charge on any atom is 0.293 e. The Morgan fingerprint density at radius 3 is 2.81 bits per heavy atom. The fraction of sp³-hybridized carbons (Fsp3) is 0.818. The quantitative estimate of drug-likeness (QED) is 0.876. The smallest absolute Gasteiger partial charge is 0.293 e. The molecular weight excluding hydrogens is 222 g/mol. The average Bonchev–Trinajstić information content (AvgIpc) is 2.76. The predicted octanol–water partition coefficient (Wildman–Crippen LogP) is 2.04. The van der Waals surface area contributed by atoms with Crippen molar-refractivity contribution >= 4 is 11.5 Å². The molecule has 0 saturated carbocycles. The summed E-state index contributed by atoms with van der Waals surface area (Å²) in [6.45, 7) is 7.20. The second kappa shape index (κ2) is 5.59. The Morgan fingerprint density at radius 1 is 1.44 bits per heavy atom. The van der Waals surface area contributed by atoms with E-state index in [1.54, 1.807) is 0 Å². The van der Waals surface area contributed by atoms with Crippen molar-refractivity contribution < 1.29 is 4.74 Å². The number of ether oxygens (including phenoxy) is 1. The highest BCUT2D eigenvalue weighted by Gasteiger charge is 2.15. The predicted molar refractivity (Wildman–Crippen MR) is 65.1 cm³/mol. The van der Waals surface area contributed by atoms with Gasteiger partial charge in [0.15, 0.2) is 0 Å². The zero-order valence-electron chi connectivity index (χ0n) is 9.90. The van der Waals surface area contributed by atoms with E-state index in [2.05, 4.69) is 28.5 Å². The number of rotatable bonds is 4. The summed E-state index contributed by atoms with van der Waals surface area (Å²) in [5.74, 6) is 1.95. The van der Waals surface area contributed by atoms with Crippen LogP contribution in [0.4, 0.5) is 0 Å². The van der Waals surface area contributed by atoms with Crippen LogP contribution in [0.15, 0.2) is 0 Å². The van der Waals surface area contributed by atoms with Gasteiger partial charge in [-0.05, 0) is 31.8 Å². The molecule has 0 aromatic carbocycles. The van der Waals surface area contributed by atoms with Gasteiger partial charge in [0, 0.05) is 17.5 Å². The van der Waals surface area contributed by atoms with E-state index in [1.807, 2.05) is 0 Å². The van der Waals surface area contributed by atoms with Crippen LogP contribution < -0.4 is 10.1 Å². The van der Waals surface area contributed by atoms with Crippen LogP contribution >= 0.6 is 11.5 Å². The molecule has 1 aromatic heterocycles. The molecule has 1 aromatic rings. The Morgan fingerprint density at radius 2 is 2.19 bits per heavy atom. The molecule has 1 saturated heterocycles. The average molecular weight is 241 g/mol. The lowest BCUT2D eigenvalue weighted by atomic mass is 9.99. The SMILES string of the molecule is CC(C)c1nsc(OCC2CCNCC2)n1. The van der Waals surface area contributed by atoms with E-state index in [9.17, 15) is 0 Å². The molecule has 0 unspecified atom stereocenters. The van der Waals surface area contributed by atoms with Gasteiger partial charge in [0.1, 0.15) is 5.82 Å². The molecule has 2 heterocycles. The van der Waals surface area contributed by atoms with Crippen LogP contribution in [0.2, 0.25) is 0 Å². The summed E-state index contributed by atoms with van der Waals surface area (Å²) in [5, 5.41) is 4.08. The normalized spacial score (nSPS) is 17.9. The number of aromatic nitrogens is 2. The van der Waals surface area contributed by atoms with Crippen LogP contribution in [0.3, 0.4) is 0 Å². The fourth-order valence-corrected chi connectivity index (χ4v) is 2.43. The third-order valence-electron chi connectivity index (χ3n) is 2.84. The van der Waals surface area contributed by atoms with Crippen molar-refractivity contribution in [2.24, 2.45) is 5.92 Å². The summed E-state index contributed by atoms with van der Waals surface area (Å²) in [4.78, 5) is 4.36. The third-order valence-corrected chi connectivity index (χ3v) is 3.48. The molecule has 0 atom stereocenters. The van der Waals surface area contributed by atoms with E-state index in [1.165, 1.54) is 24.4 Å². The number of piperidine rings is 1. The van der Waals surface area contributed by atoms with Gasteiger partial charge in [-0.15, -0.1) is 0 Å². The Kier molecular flexibility index (Phi) is 4.12. The number of nitrogens with one attached hydrogen (secondary N) is 1. The van der Waals surface area contributed by atoms with Gasteiger partial charge >= 0.3 is 0 Å². The maximum absolute atomic E-state index is 5.69. The second-order valence-corrected chi connectivity index (χ2v) is 5.29. The Balaban J connectivity index is 1.79. The number of hydrogen-bond donors (Lipinski definition) is 1. The van der Waals surface area contributed by atoms with Crippen LogP contribution in [-0.4, -0.2) is 29.1 Å². The van der Waals surface area contributed by atoms with E-state index in [4.69, 9.17) is 4.74 Å². The highest BCUT2D eigenvalue weighted by Crippen LogP contribution is 2.21. The maximum atomic E-state index is 5.69. The summed E-state index contributed by atoms with van der Waals surface area (Å²) in [7, 11) is 0. The lowest BCUT2D eigenvalue weighted by molar-refractivity contribution is 0.214. The van der Waals surface area contributed by atoms with Gasteiger partial charge in [-0.3, -0.25) is 0 Å². The summed E-state index contributed by atoms with van der Waals surface area (Å²) < 4.78 is 9.97. The monoisotopic (exact) mass is 241 g/mol. The summed E-state index contributed by atoms with van der Waals surface area (Å²) >= 11 is 1.37. The first-order valence-electron chi connectivity index (χ1n) is 5.93. The molecule has 2 rings (SSSR count). The zero-order chi connectivity index (χ0) is 11.4.